The largest absolute Gasteiger partial charge is 0.339 e. The molecular weight excluding hydrogens is 220 g/mol. The summed E-state index contributed by atoms with van der Waals surface area (Å²) >= 11 is 0. The Morgan fingerprint density at radius 2 is 2.13 bits per heavy atom. The minimum absolute atomic E-state index is 0.0312. The molecule has 1 rings (SSSR count). The third kappa shape index (κ3) is 3.12. The molecule has 84 valence electrons. The van der Waals surface area contributed by atoms with Gasteiger partial charge in [-0.25, -0.2) is 8.42 Å². The summed E-state index contributed by atoms with van der Waals surface area (Å²) in [6.07, 6.45) is 1.13. The van der Waals surface area contributed by atoms with E-state index in [1.54, 1.807) is 0 Å². The zero-order valence-electron chi connectivity index (χ0n) is 8.72. The lowest BCUT2D eigenvalue weighted by atomic mass is 10.3. The first-order valence-corrected chi connectivity index (χ1v) is 6.27. The van der Waals surface area contributed by atoms with Crippen molar-refractivity contribution in [2.24, 2.45) is 0 Å². The van der Waals surface area contributed by atoms with Gasteiger partial charge in [0, 0.05) is 6.26 Å². The molecule has 0 saturated heterocycles. The number of Topliss-reactive ketones (excluding diaryl/α,β-unsaturated/α-hetero) is 1. The molecule has 1 atom stereocenters. The molecule has 15 heavy (non-hydrogen) atoms. The van der Waals surface area contributed by atoms with Gasteiger partial charge < -0.3 is 4.52 Å². The van der Waals surface area contributed by atoms with Crippen LogP contribution in [0.2, 0.25) is 0 Å². The summed E-state index contributed by atoms with van der Waals surface area (Å²) in [7, 11) is -3.24. The number of carbonyl (C=O) groups excluding carboxylic acids is 1. The number of nitrogens with zero attached hydrogens (tertiary/aromatic N) is 2. The van der Waals surface area contributed by atoms with Crippen molar-refractivity contribution in [1.29, 1.82) is 0 Å². The van der Waals surface area contributed by atoms with Crippen LogP contribution in [0.15, 0.2) is 4.52 Å². The second-order valence-corrected chi connectivity index (χ2v) is 5.76. The third-order valence-corrected chi connectivity index (χ3v) is 3.39. The fourth-order valence-corrected chi connectivity index (χ4v) is 1.39. The fraction of sp³-hybridized carbons (Fsp3) is 0.625. The Balaban J connectivity index is 2.89. The van der Waals surface area contributed by atoms with E-state index < -0.39 is 15.1 Å². The molecule has 0 bridgehead atoms. The molecule has 0 aliphatic carbocycles. The Kier molecular flexibility index (Phi) is 3.23. The zero-order valence-corrected chi connectivity index (χ0v) is 9.54. The molecule has 0 amide bonds. The van der Waals surface area contributed by atoms with Gasteiger partial charge in [0.2, 0.25) is 5.89 Å². The van der Waals surface area contributed by atoms with Gasteiger partial charge in [-0.05, 0) is 13.8 Å². The summed E-state index contributed by atoms with van der Waals surface area (Å²) in [5.41, 5.74) is 0. The predicted molar refractivity (Wildman–Crippen MR) is 51.9 cm³/mol. The predicted octanol–water partition coefficient (Wildman–Crippen LogP) is 0.307. The summed E-state index contributed by atoms with van der Waals surface area (Å²) in [6.45, 7) is 2.86. The highest BCUT2D eigenvalue weighted by Crippen LogP contribution is 2.17. The first kappa shape index (κ1) is 11.8. The number of ketones is 1. The lowest BCUT2D eigenvalue weighted by molar-refractivity contribution is -0.116. The Morgan fingerprint density at radius 3 is 2.60 bits per heavy atom. The van der Waals surface area contributed by atoms with Crippen LogP contribution < -0.4 is 0 Å². The number of hydrogen-bond donors (Lipinski definition) is 0. The lowest BCUT2D eigenvalue weighted by Crippen LogP contribution is -2.09. The lowest BCUT2D eigenvalue weighted by Gasteiger charge is -2.01. The van der Waals surface area contributed by atoms with Gasteiger partial charge >= 0.3 is 0 Å². The van der Waals surface area contributed by atoms with E-state index in [9.17, 15) is 13.2 Å². The molecule has 1 unspecified atom stereocenters. The smallest absolute Gasteiger partial charge is 0.234 e. The molecular formula is C8H12N2O4S. The Labute approximate surface area is 87.6 Å². The minimum Gasteiger partial charge on any atom is -0.339 e. The van der Waals surface area contributed by atoms with E-state index in [2.05, 4.69) is 10.1 Å². The minimum atomic E-state index is -3.24. The van der Waals surface area contributed by atoms with Crippen LogP contribution in [-0.2, 0) is 21.1 Å². The van der Waals surface area contributed by atoms with Crippen LogP contribution in [0.4, 0.5) is 0 Å². The Morgan fingerprint density at radius 1 is 1.53 bits per heavy atom. The van der Waals surface area contributed by atoms with Crippen molar-refractivity contribution in [2.45, 2.75) is 25.5 Å². The first-order chi connectivity index (χ1) is 6.80. The maximum atomic E-state index is 11.2. The number of aromatic nitrogens is 2. The second kappa shape index (κ2) is 4.09. The highest BCUT2D eigenvalue weighted by Gasteiger charge is 2.23. The molecule has 6 nitrogen and oxygen atoms in total. The van der Waals surface area contributed by atoms with Crippen molar-refractivity contribution >= 4 is 15.6 Å². The van der Waals surface area contributed by atoms with E-state index in [0.717, 1.165) is 6.26 Å². The fourth-order valence-electron chi connectivity index (χ4n) is 0.909. The maximum Gasteiger partial charge on any atom is 0.234 e. The molecule has 0 aliphatic rings. The topological polar surface area (TPSA) is 90.1 Å². The maximum absolute atomic E-state index is 11.2. The molecule has 0 spiro atoms. The second-order valence-electron chi connectivity index (χ2n) is 3.40. The number of hydrogen-bond acceptors (Lipinski definition) is 6. The van der Waals surface area contributed by atoms with Crippen LogP contribution in [0.5, 0.6) is 0 Å². The van der Waals surface area contributed by atoms with Gasteiger partial charge in [-0.15, -0.1) is 0 Å². The van der Waals surface area contributed by atoms with Crippen molar-refractivity contribution in [3.63, 3.8) is 0 Å². The molecule has 0 N–H and O–H groups in total. The standard InChI is InChI=1S/C8H12N2O4S/c1-5(11)4-7-9-8(10-14-7)6(2)15(3,12)13/h6H,4H2,1-3H3. The number of rotatable bonds is 4. The quantitative estimate of drug-likeness (QED) is 0.741. The van der Waals surface area contributed by atoms with E-state index in [-0.39, 0.29) is 23.9 Å². The number of sulfone groups is 1. The van der Waals surface area contributed by atoms with E-state index in [4.69, 9.17) is 4.52 Å². The number of carbonyl (C=O) groups is 1. The van der Waals surface area contributed by atoms with Gasteiger partial charge in [-0.3, -0.25) is 4.79 Å². The SMILES string of the molecule is CC(=O)Cc1nc(C(C)S(C)(=O)=O)no1. The van der Waals surface area contributed by atoms with Crippen LogP contribution in [0.1, 0.15) is 30.8 Å². The van der Waals surface area contributed by atoms with E-state index >= 15 is 0 Å². The highest BCUT2D eigenvalue weighted by molar-refractivity contribution is 7.90. The Bertz CT molecular complexity index is 463. The van der Waals surface area contributed by atoms with Crippen molar-refractivity contribution < 1.29 is 17.7 Å². The summed E-state index contributed by atoms with van der Waals surface area (Å²) in [5.74, 6) is 0.124. The van der Waals surface area contributed by atoms with E-state index in [1.807, 2.05) is 0 Å². The molecule has 0 aliphatic heterocycles. The molecule has 0 fully saturated rings. The highest BCUT2D eigenvalue weighted by atomic mass is 32.2. The zero-order chi connectivity index (χ0) is 11.6. The normalized spacial score (nSPS) is 13.8. The third-order valence-electron chi connectivity index (χ3n) is 1.89. The van der Waals surface area contributed by atoms with E-state index in [1.165, 1.54) is 13.8 Å². The monoisotopic (exact) mass is 232 g/mol. The van der Waals surface area contributed by atoms with Crippen molar-refractivity contribution in [3.8, 4) is 0 Å². The average Bonchev–Trinajstić information content (AvgIpc) is 2.48. The van der Waals surface area contributed by atoms with Gasteiger partial charge in [0.05, 0.1) is 6.42 Å². The molecule has 0 radical (unpaired) electrons. The Hall–Kier alpha value is -1.24. The molecule has 1 aromatic rings. The summed E-state index contributed by atoms with van der Waals surface area (Å²) in [4.78, 5) is 14.6. The van der Waals surface area contributed by atoms with Gasteiger partial charge in [-0.2, -0.15) is 4.98 Å². The van der Waals surface area contributed by atoms with Gasteiger partial charge in [0.1, 0.15) is 11.0 Å². The van der Waals surface area contributed by atoms with Crippen molar-refractivity contribution in [2.75, 3.05) is 6.26 Å². The first-order valence-electron chi connectivity index (χ1n) is 4.31. The van der Waals surface area contributed by atoms with Crippen LogP contribution in [0, 0.1) is 0 Å². The summed E-state index contributed by atoms with van der Waals surface area (Å²) in [6, 6.07) is 0. The van der Waals surface area contributed by atoms with Gasteiger partial charge in [-0.1, -0.05) is 5.16 Å². The summed E-state index contributed by atoms with van der Waals surface area (Å²) in [5, 5.41) is 2.70. The van der Waals surface area contributed by atoms with Gasteiger partial charge in [0.15, 0.2) is 15.7 Å². The van der Waals surface area contributed by atoms with Crippen molar-refractivity contribution in [3.05, 3.63) is 11.7 Å². The molecule has 7 heteroatoms. The average molecular weight is 232 g/mol. The molecule has 0 aromatic carbocycles. The van der Waals surface area contributed by atoms with Crippen LogP contribution in [0.3, 0.4) is 0 Å². The summed E-state index contributed by atoms with van der Waals surface area (Å²) < 4.78 is 27.1. The molecule has 1 heterocycles. The van der Waals surface area contributed by atoms with Gasteiger partial charge in [0.25, 0.3) is 0 Å². The van der Waals surface area contributed by atoms with Crippen molar-refractivity contribution in [1.82, 2.24) is 10.1 Å². The van der Waals surface area contributed by atoms with Crippen LogP contribution in [-0.4, -0.2) is 30.6 Å². The molecule has 0 saturated carbocycles. The van der Waals surface area contributed by atoms with Crippen LogP contribution >= 0.6 is 0 Å². The van der Waals surface area contributed by atoms with E-state index in [0.29, 0.717) is 0 Å². The molecule has 1 aromatic heterocycles. The van der Waals surface area contributed by atoms with Crippen LogP contribution in [0.25, 0.3) is 0 Å².